The molecule has 0 aliphatic carbocycles. The van der Waals surface area contributed by atoms with Gasteiger partial charge in [-0.1, -0.05) is 12.1 Å². The molecule has 2 heterocycles. The summed E-state index contributed by atoms with van der Waals surface area (Å²) in [6, 6.07) is 10.3. The van der Waals surface area contributed by atoms with Crippen molar-refractivity contribution in [2.75, 3.05) is 24.6 Å². The number of aryl methyl sites for hydroxylation is 1. The second-order valence-electron chi connectivity index (χ2n) is 5.23. The molecule has 1 fully saturated rings. The van der Waals surface area contributed by atoms with Crippen LogP contribution in [0.15, 0.2) is 36.5 Å². The van der Waals surface area contributed by atoms with Gasteiger partial charge in [-0.25, -0.2) is 0 Å². The Kier molecular flexibility index (Phi) is 3.90. The van der Waals surface area contributed by atoms with Crippen LogP contribution in [0.2, 0.25) is 0 Å². The van der Waals surface area contributed by atoms with Crippen molar-refractivity contribution in [2.24, 2.45) is 0 Å². The molecule has 0 atom stereocenters. The quantitative estimate of drug-likeness (QED) is 0.837. The Morgan fingerprint density at radius 2 is 1.95 bits per heavy atom. The zero-order chi connectivity index (χ0) is 13.8. The largest absolute Gasteiger partial charge is 0.489 e. The van der Waals surface area contributed by atoms with Gasteiger partial charge in [0, 0.05) is 19.3 Å². The van der Waals surface area contributed by atoms with Gasteiger partial charge in [0.2, 0.25) is 0 Å². The third kappa shape index (κ3) is 2.95. The van der Waals surface area contributed by atoms with Crippen LogP contribution in [0.25, 0.3) is 0 Å². The lowest BCUT2D eigenvalue weighted by Crippen LogP contribution is -2.19. The van der Waals surface area contributed by atoms with E-state index in [4.69, 9.17) is 4.74 Å². The maximum atomic E-state index is 5.96. The average molecular weight is 271 g/mol. The van der Waals surface area contributed by atoms with Crippen LogP contribution in [0.3, 0.4) is 0 Å². The molecule has 4 heteroatoms. The molecule has 2 aromatic rings. The number of rotatable bonds is 5. The van der Waals surface area contributed by atoms with E-state index in [9.17, 15) is 0 Å². The molecule has 4 nitrogen and oxygen atoms in total. The standard InChI is InChI=1S/C16H21N3O/c1-14-8-11-19(17-14)12-13-20-16-7-3-2-6-15(16)18-9-4-5-10-18/h2-3,6-8,11H,4-5,9-10,12-13H2,1H3. The third-order valence-corrected chi connectivity index (χ3v) is 3.66. The molecule has 3 rings (SSSR count). The van der Waals surface area contributed by atoms with E-state index in [1.807, 2.05) is 29.9 Å². The van der Waals surface area contributed by atoms with Gasteiger partial charge in [0.25, 0.3) is 0 Å². The van der Waals surface area contributed by atoms with Crippen molar-refractivity contribution >= 4 is 5.69 Å². The smallest absolute Gasteiger partial charge is 0.142 e. The van der Waals surface area contributed by atoms with Crippen LogP contribution in [-0.2, 0) is 6.54 Å². The highest BCUT2D eigenvalue weighted by molar-refractivity contribution is 5.58. The molecule has 106 valence electrons. The number of hydrogen-bond acceptors (Lipinski definition) is 3. The Bertz CT molecular complexity index is 558. The molecule has 1 aliphatic heterocycles. The van der Waals surface area contributed by atoms with Crippen LogP contribution in [0, 0.1) is 6.92 Å². The molecule has 20 heavy (non-hydrogen) atoms. The molecule has 1 aromatic heterocycles. The molecular weight excluding hydrogens is 250 g/mol. The fourth-order valence-electron chi connectivity index (χ4n) is 2.64. The van der Waals surface area contributed by atoms with Crippen LogP contribution < -0.4 is 9.64 Å². The van der Waals surface area contributed by atoms with Gasteiger partial charge in [-0.05, 0) is 38.0 Å². The fraction of sp³-hybridized carbons (Fsp3) is 0.438. The van der Waals surface area contributed by atoms with E-state index in [0.717, 1.165) is 31.1 Å². The summed E-state index contributed by atoms with van der Waals surface area (Å²) in [5.41, 5.74) is 2.27. The molecule has 0 spiro atoms. The molecule has 0 radical (unpaired) electrons. The first-order chi connectivity index (χ1) is 9.83. The molecule has 0 N–H and O–H groups in total. The molecule has 1 aromatic carbocycles. The van der Waals surface area contributed by atoms with Crippen molar-refractivity contribution in [1.29, 1.82) is 0 Å². The molecular formula is C16H21N3O. The number of ether oxygens (including phenoxy) is 1. The van der Waals surface area contributed by atoms with Crippen molar-refractivity contribution in [3.63, 3.8) is 0 Å². The van der Waals surface area contributed by atoms with Gasteiger partial charge in [0.1, 0.15) is 12.4 Å². The molecule has 0 unspecified atom stereocenters. The van der Waals surface area contributed by atoms with Crippen molar-refractivity contribution in [2.45, 2.75) is 26.3 Å². The monoisotopic (exact) mass is 271 g/mol. The lowest BCUT2D eigenvalue weighted by atomic mass is 10.2. The Balaban J connectivity index is 1.62. The van der Waals surface area contributed by atoms with E-state index in [-0.39, 0.29) is 0 Å². The Hall–Kier alpha value is -1.97. The average Bonchev–Trinajstić information content (AvgIpc) is 3.11. The van der Waals surface area contributed by atoms with E-state index >= 15 is 0 Å². The van der Waals surface area contributed by atoms with Crippen molar-refractivity contribution < 1.29 is 4.74 Å². The van der Waals surface area contributed by atoms with E-state index in [0.29, 0.717) is 6.61 Å². The van der Waals surface area contributed by atoms with Crippen molar-refractivity contribution in [1.82, 2.24) is 9.78 Å². The summed E-state index contributed by atoms with van der Waals surface area (Å²) in [4.78, 5) is 2.41. The van der Waals surface area contributed by atoms with Gasteiger partial charge >= 0.3 is 0 Å². The minimum Gasteiger partial charge on any atom is -0.489 e. The zero-order valence-corrected chi connectivity index (χ0v) is 12.0. The minimum absolute atomic E-state index is 0.645. The molecule has 0 saturated carbocycles. The van der Waals surface area contributed by atoms with Gasteiger partial charge in [-0.3, -0.25) is 4.68 Å². The molecule has 1 aliphatic rings. The van der Waals surface area contributed by atoms with Crippen molar-refractivity contribution in [3.8, 4) is 5.75 Å². The predicted octanol–water partition coefficient (Wildman–Crippen LogP) is 2.87. The topological polar surface area (TPSA) is 30.3 Å². The summed E-state index contributed by atoms with van der Waals surface area (Å²) < 4.78 is 7.88. The van der Waals surface area contributed by atoms with Gasteiger partial charge in [0.15, 0.2) is 0 Å². The summed E-state index contributed by atoms with van der Waals surface area (Å²) in [5, 5.41) is 4.37. The van der Waals surface area contributed by atoms with E-state index in [1.165, 1.54) is 18.5 Å². The minimum atomic E-state index is 0.645. The second-order valence-corrected chi connectivity index (χ2v) is 5.23. The van der Waals surface area contributed by atoms with Gasteiger partial charge < -0.3 is 9.64 Å². The first-order valence-corrected chi connectivity index (χ1v) is 7.30. The van der Waals surface area contributed by atoms with Gasteiger partial charge in [-0.15, -0.1) is 0 Å². The SMILES string of the molecule is Cc1ccn(CCOc2ccccc2N2CCCC2)n1. The molecule has 0 amide bonds. The number of hydrogen-bond donors (Lipinski definition) is 0. The highest BCUT2D eigenvalue weighted by Gasteiger charge is 2.15. The summed E-state index contributed by atoms with van der Waals surface area (Å²) >= 11 is 0. The highest BCUT2D eigenvalue weighted by atomic mass is 16.5. The number of nitrogens with zero attached hydrogens (tertiary/aromatic N) is 3. The van der Waals surface area contributed by atoms with Crippen LogP contribution in [0.4, 0.5) is 5.69 Å². The first kappa shape index (κ1) is 13.0. The normalized spacial score (nSPS) is 14.8. The number of benzene rings is 1. The predicted molar refractivity (Wildman–Crippen MR) is 80.3 cm³/mol. The van der Waals surface area contributed by atoms with Crippen LogP contribution in [-0.4, -0.2) is 29.5 Å². The lowest BCUT2D eigenvalue weighted by Gasteiger charge is -2.21. The number of anilines is 1. The maximum absolute atomic E-state index is 5.96. The molecule has 1 saturated heterocycles. The number of aromatic nitrogens is 2. The van der Waals surface area contributed by atoms with E-state index < -0.39 is 0 Å². The summed E-state index contributed by atoms with van der Waals surface area (Å²) in [5.74, 6) is 0.985. The van der Waals surface area contributed by atoms with Gasteiger partial charge in [-0.2, -0.15) is 5.10 Å². The second kappa shape index (κ2) is 5.99. The van der Waals surface area contributed by atoms with Gasteiger partial charge in [0.05, 0.1) is 17.9 Å². The van der Waals surface area contributed by atoms with E-state index in [1.54, 1.807) is 0 Å². The third-order valence-electron chi connectivity index (χ3n) is 3.66. The Morgan fingerprint density at radius 1 is 1.15 bits per heavy atom. The maximum Gasteiger partial charge on any atom is 0.142 e. The summed E-state index contributed by atoms with van der Waals surface area (Å²) in [6.07, 6.45) is 4.55. The zero-order valence-electron chi connectivity index (χ0n) is 12.0. The fourth-order valence-corrected chi connectivity index (χ4v) is 2.64. The summed E-state index contributed by atoms with van der Waals surface area (Å²) in [6.45, 7) is 5.70. The van der Waals surface area contributed by atoms with E-state index in [2.05, 4.69) is 28.2 Å². The van der Waals surface area contributed by atoms with Crippen LogP contribution in [0.5, 0.6) is 5.75 Å². The first-order valence-electron chi connectivity index (χ1n) is 7.30. The van der Waals surface area contributed by atoms with Crippen molar-refractivity contribution in [3.05, 3.63) is 42.2 Å². The number of para-hydroxylation sites is 2. The van der Waals surface area contributed by atoms with Crippen LogP contribution >= 0.6 is 0 Å². The summed E-state index contributed by atoms with van der Waals surface area (Å²) in [7, 11) is 0. The van der Waals surface area contributed by atoms with Crippen LogP contribution in [0.1, 0.15) is 18.5 Å². The molecule has 0 bridgehead atoms. The lowest BCUT2D eigenvalue weighted by molar-refractivity contribution is 0.291. The Morgan fingerprint density at radius 3 is 2.70 bits per heavy atom. The highest BCUT2D eigenvalue weighted by Crippen LogP contribution is 2.30. The Labute approximate surface area is 120 Å².